The number of para-hydroxylation sites is 1. The molecule has 0 unspecified atom stereocenters. The van der Waals surface area contributed by atoms with Crippen molar-refractivity contribution in [2.45, 2.75) is 6.54 Å². The summed E-state index contributed by atoms with van der Waals surface area (Å²) < 4.78 is 5.22. The fraction of sp³-hybridized carbons (Fsp3) is 0.214. The lowest BCUT2D eigenvalue weighted by Gasteiger charge is -2.36. The Morgan fingerprint density at radius 1 is 0.857 bits per heavy atom. The summed E-state index contributed by atoms with van der Waals surface area (Å²) in [7, 11) is 0. The molecule has 3 aromatic carbocycles. The van der Waals surface area contributed by atoms with Crippen molar-refractivity contribution in [3.05, 3.63) is 96.2 Å². The number of carbonyl (C=O) groups is 2. The summed E-state index contributed by atoms with van der Waals surface area (Å²) in [5.74, 6) is -0.903. The van der Waals surface area contributed by atoms with Crippen LogP contribution < -0.4 is 10.2 Å². The van der Waals surface area contributed by atoms with E-state index in [4.69, 9.17) is 4.74 Å². The molecule has 1 aliphatic rings. The van der Waals surface area contributed by atoms with E-state index in [1.54, 1.807) is 6.20 Å². The van der Waals surface area contributed by atoms with Crippen molar-refractivity contribution < 1.29 is 14.3 Å². The Kier molecular flexibility index (Phi) is 6.77. The van der Waals surface area contributed by atoms with E-state index in [0.717, 1.165) is 49.3 Å². The van der Waals surface area contributed by atoms with E-state index in [2.05, 4.69) is 44.4 Å². The van der Waals surface area contributed by atoms with Gasteiger partial charge in [0.2, 0.25) is 0 Å². The molecule has 5 rings (SSSR count). The van der Waals surface area contributed by atoms with Crippen molar-refractivity contribution in [3.63, 3.8) is 0 Å². The highest BCUT2D eigenvalue weighted by Gasteiger charge is 2.18. The van der Waals surface area contributed by atoms with Crippen LogP contribution >= 0.6 is 0 Å². The van der Waals surface area contributed by atoms with Gasteiger partial charge < -0.3 is 19.9 Å². The van der Waals surface area contributed by atoms with Gasteiger partial charge in [-0.2, -0.15) is 0 Å². The number of fused-ring (bicyclic) bond motifs is 1. The molecule has 1 amide bonds. The van der Waals surface area contributed by atoms with E-state index >= 15 is 0 Å². The molecular weight excluding hydrogens is 440 g/mol. The third kappa shape index (κ3) is 5.53. The van der Waals surface area contributed by atoms with Crippen molar-refractivity contribution in [3.8, 4) is 0 Å². The monoisotopic (exact) mass is 468 g/mol. The highest BCUT2D eigenvalue weighted by Crippen LogP contribution is 2.21. The molecule has 0 saturated carbocycles. The first kappa shape index (κ1) is 22.7. The molecular formula is C28H28N4O3. The van der Waals surface area contributed by atoms with Crippen LogP contribution in [0.5, 0.6) is 0 Å². The lowest BCUT2D eigenvalue weighted by atomic mass is 10.2. The zero-order valence-electron chi connectivity index (χ0n) is 19.4. The summed E-state index contributed by atoms with van der Waals surface area (Å²) in [5.41, 5.74) is 4.41. The fourth-order valence-electron chi connectivity index (χ4n) is 4.41. The summed E-state index contributed by atoms with van der Waals surface area (Å²) in [5, 5.41) is 3.57. The molecule has 35 heavy (non-hydrogen) atoms. The Labute approximate surface area is 204 Å². The third-order valence-electron chi connectivity index (χ3n) is 6.28. The number of nitrogens with zero attached hydrogens (tertiary/aromatic N) is 2. The van der Waals surface area contributed by atoms with Gasteiger partial charge in [0, 0.05) is 61.2 Å². The number of rotatable bonds is 7. The Morgan fingerprint density at radius 2 is 1.57 bits per heavy atom. The molecule has 1 aromatic heterocycles. The van der Waals surface area contributed by atoms with Gasteiger partial charge in [0.15, 0.2) is 6.61 Å². The number of nitrogens with one attached hydrogen (secondary N) is 2. The second-order valence-electron chi connectivity index (χ2n) is 8.67. The second kappa shape index (κ2) is 10.4. The average molecular weight is 469 g/mol. The molecule has 0 bridgehead atoms. The molecule has 1 saturated heterocycles. The van der Waals surface area contributed by atoms with E-state index in [-0.39, 0.29) is 12.5 Å². The van der Waals surface area contributed by atoms with Gasteiger partial charge in [0.05, 0.1) is 5.56 Å². The zero-order valence-corrected chi connectivity index (χ0v) is 19.4. The van der Waals surface area contributed by atoms with Crippen LogP contribution in [-0.2, 0) is 16.1 Å². The molecule has 0 atom stereocenters. The Hall–Kier alpha value is -4.10. The van der Waals surface area contributed by atoms with Crippen molar-refractivity contribution >= 4 is 34.2 Å². The molecule has 7 heteroatoms. The molecule has 4 aromatic rings. The predicted octanol–water partition coefficient (Wildman–Crippen LogP) is 4.29. The number of aromatic amines is 1. The Morgan fingerprint density at radius 3 is 2.34 bits per heavy atom. The first-order chi connectivity index (χ1) is 17.2. The summed E-state index contributed by atoms with van der Waals surface area (Å²) >= 11 is 0. The van der Waals surface area contributed by atoms with Gasteiger partial charge in [0.25, 0.3) is 5.91 Å². The number of benzene rings is 3. The van der Waals surface area contributed by atoms with Crippen molar-refractivity contribution in [2.75, 3.05) is 43.0 Å². The molecule has 178 valence electrons. The van der Waals surface area contributed by atoms with Gasteiger partial charge in [-0.3, -0.25) is 9.69 Å². The summed E-state index contributed by atoms with van der Waals surface area (Å²) in [6.45, 7) is 4.57. The lowest BCUT2D eigenvalue weighted by molar-refractivity contribution is -0.119. The zero-order chi connectivity index (χ0) is 24.0. The van der Waals surface area contributed by atoms with Crippen molar-refractivity contribution in [1.82, 2.24) is 9.88 Å². The van der Waals surface area contributed by atoms with Crippen LogP contribution in [0.4, 0.5) is 11.4 Å². The Balaban J connectivity index is 1.09. The number of aromatic nitrogens is 1. The molecule has 0 aliphatic carbocycles. The first-order valence-corrected chi connectivity index (χ1v) is 11.8. The summed E-state index contributed by atoms with van der Waals surface area (Å²) in [6, 6.07) is 25.8. The number of amides is 1. The molecule has 1 fully saturated rings. The van der Waals surface area contributed by atoms with Gasteiger partial charge in [-0.25, -0.2) is 4.79 Å². The fourth-order valence-corrected chi connectivity index (χ4v) is 4.41. The number of carbonyl (C=O) groups excluding carboxylic acids is 2. The Bertz CT molecular complexity index is 1290. The maximum Gasteiger partial charge on any atom is 0.340 e. The van der Waals surface area contributed by atoms with Gasteiger partial charge in [-0.15, -0.1) is 0 Å². The number of esters is 1. The van der Waals surface area contributed by atoms with Gasteiger partial charge >= 0.3 is 5.97 Å². The summed E-state index contributed by atoms with van der Waals surface area (Å²) in [6.07, 6.45) is 1.60. The van der Waals surface area contributed by atoms with E-state index in [1.165, 1.54) is 5.56 Å². The van der Waals surface area contributed by atoms with Crippen LogP contribution in [0.3, 0.4) is 0 Å². The lowest BCUT2D eigenvalue weighted by Crippen LogP contribution is -2.45. The van der Waals surface area contributed by atoms with E-state index in [9.17, 15) is 9.59 Å². The van der Waals surface area contributed by atoms with E-state index in [1.807, 2.05) is 54.6 Å². The topological polar surface area (TPSA) is 77.7 Å². The van der Waals surface area contributed by atoms with Crippen molar-refractivity contribution in [2.24, 2.45) is 0 Å². The molecule has 0 spiro atoms. The minimum absolute atomic E-state index is 0.344. The quantitative estimate of drug-likeness (QED) is 0.396. The maximum atomic E-state index is 12.4. The highest BCUT2D eigenvalue weighted by atomic mass is 16.5. The number of hydrogen-bond acceptors (Lipinski definition) is 5. The SMILES string of the molecule is O=C(COC(=O)c1c[nH]c2ccccc12)Nc1ccc(N2CCN(Cc3ccccc3)CC2)cc1. The van der Waals surface area contributed by atoms with Gasteiger partial charge in [0.1, 0.15) is 0 Å². The van der Waals surface area contributed by atoms with Crippen LogP contribution in [0.25, 0.3) is 10.9 Å². The predicted molar refractivity (Wildman–Crippen MR) is 138 cm³/mol. The minimum Gasteiger partial charge on any atom is -0.452 e. The van der Waals surface area contributed by atoms with E-state index in [0.29, 0.717) is 11.3 Å². The number of ether oxygens (including phenoxy) is 1. The van der Waals surface area contributed by atoms with Gasteiger partial charge in [-0.05, 0) is 35.9 Å². The van der Waals surface area contributed by atoms with Crippen LogP contribution in [0.2, 0.25) is 0 Å². The largest absolute Gasteiger partial charge is 0.452 e. The standard InChI is InChI=1S/C28H28N4O3/c33-27(20-35-28(34)25-18-29-26-9-5-4-8-24(25)26)30-22-10-12-23(13-11-22)32-16-14-31(15-17-32)19-21-6-2-1-3-7-21/h1-13,18,29H,14-17,19-20H2,(H,30,33). The third-order valence-corrected chi connectivity index (χ3v) is 6.28. The first-order valence-electron chi connectivity index (χ1n) is 11.8. The van der Waals surface area contributed by atoms with Crippen LogP contribution in [-0.4, -0.2) is 54.5 Å². The number of hydrogen-bond donors (Lipinski definition) is 2. The molecule has 7 nitrogen and oxygen atoms in total. The van der Waals surface area contributed by atoms with Gasteiger partial charge in [-0.1, -0.05) is 48.5 Å². The van der Waals surface area contributed by atoms with Crippen LogP contribution in [0.15, 0.2) is 85.1 Å². The van der Waals surface area contributed by atoms with Crippen molar-refractivity contribution in [1.29, 1.82) is 0 Å². The second-order valence-corrected chi connectivity index (χ2v) is 8.67. The molecule has 1 aliphatic heterocycles. The normalized spacial score (nSPS) is 14.1. The highest BCUT2D eigenvalue weighted by molar-refractivity contribution is 6.05. The maximum absolute atomic E-state index is 12.4. The van der Waals surface area contributed by atoms with Crippen LogP contribution in [0, 0.1) is 0 Å². The average Bonchev–Trinajstić information content (AvgIpc) is 3.33. The number of piperazine rings is 1. The number of H-pyrrole nitrogens is 1. The minimum atomic E-state index is -0.528. The van der Waals surface area contributed by atoms with E-state index < -0.39 is 5.97 Å². The molecule has 2 N–H and O–H groups in total. The number of anilines is 2. The smallest absolute Gasteiger partial charge is 0.340 e. The molecule has 2 heterocycles. The summed E-state index contributed by atoms with van der Waals surface area (Å²) in [4.78, 5) is 32.6. The molecule has 0 radical (unpaired) electrons. The van der Waals surface area contributed by atoms with Crippen LogP contribution in [0.1, 0.15) is 15.9 Å².